The maximum atomic E-state index is 11.6. The molecule has 2 aromatic heterocycles. The van der Waals surface area contributed by atoms with E-state index >= 15 is 0 Å². The van der Waals surface area contributed by atoms with Crippen molar-refractivity contribution in [3.63, 3.8) is 0 Å². The Morgan fingerprint density at radius 1 is 1.53 bits per heavy atom. The monoisotopic (exact) mass is 268 g/mol. The van der Waals surface area contributed by atoms with Gasteiger partial charge in [-0.1, -0.05) is 0 Å². The lowest BCUT2D eigenvalue weighted by atomic mass is 9.99. The molecule has 2 heterocycles. The summed E-state index contributed by atoms with van der Waals surface area (Å²) in [7, 11) is 0. The van der Waals surface area contributed by atoms with Gasteiger partial charge in [0.2, 0.25) is 0 Å². The summed E-state index contributed by atoms with van der Waals surface area (Å²) in [6.07, 6.45) is 0. The second-order valence-corrected chi connectivity index (χ2v) is 5.34. The van der Waals surface area contributed by atoms with Crippen molar-refractivity contribution in [2.24, 2.45) is 0 Å². The number of amides is 1. The molecule has 0 aliphatic heterocycles. The molecule has 2 aromatic rings. The molecule has 0 fully saturated rings. The van der Waals surface area contributed by atoms with E-state index in [2.05, 4.69) is 10.3 Å². The van der Waals surface area contributed by atoms with Crippen LogP contribution in [-0.2, 0) is 5.60 Å². The highest BCUT2D eigenvalue weighted by molar-refractivity contribution is 7.08. The number of thiophene rings is 1. The highest BCUT2D eigenvalue weighted by Crippen LogP contribution is 2.22. The second-order valence-electron chi connectivity index (χ2n) is 3.84. The normalized spacial score (nSPS) is 14.2. The van der Waals surface area contributed by atoms with Crippen LogP contribution >= 0.6 is 22.7 Å². The Hall–Kier alpha value is -1.24. The molecule has 0 radical (unpaired) electrons. The molecule has 4 nitrogen and oxygen atoms in total. The van der Waals surface area contributed by atoms with Crippen LogP contribution in [0, 0.1) is 0 Å². The van der Waals surface area contributed by atoms with Crippen molar-refractivity contribution < 1.29 is 9.90 Å². The van der Waals surface area contributed by atoms with Gasteiger partial charge in [0, 0.05) is 5.38 Å². The molecule has 0 aromatic carbocycles. The van der Waals surface area contributed by atoms with Crippen LogP contribution in [0.25, 0.3) is 0 Å². The molecule has 2 rings (SSSR count). The number of carbonyl (C=O) groups is 1. The van der Waals surface area contributed by atoms with Crippen molar-refractivity contribution in [3.05, 3.63) is 39.0 Å². The first-order valence-electron chi connectivity index (χ1n) is 5.01. The van der Waals surface area contributed by atoms with E-state index in [1.165, 1.54) is 22.7 Å². The van der Waals surface area contributed by atoms with Gasteiger partial charge in [0.05, 0.1) is 12.1 Å². The smallest absolute Gasteiger partial charge is 0.270 e. The van der Waals surface area contributed by atoms with E-state index in [9.17, 15) is 9.90 Å². The lowest BCUT2D eigenvalue weighted by Crippen LogP contribution is -2.38. The summed E-state index contributed by atoms with van der Waals surface area (Å²) < 4.78 is 0. The van der Waals surface area contributed by atoms with Crippen LogP contribution in [0.4, 0.5) is 0 Å². The van der Waals surface area contributed by atoms with Gasteiger partial charge >= 0.3 is 0 Å². The van der Waals surface area contributed by atoms with Crippen LogP contribution in [-0.4, -0.2) is 22.5 Å². The SMILES string of the molecule is CC(O)(CNC(=O)c1cscn1)c1ccsc1. The van der Waals surface area contributed by atoms with Gasteiger partial charge in [-0.15, -0.1) is 11.3 Å². The fourth-order valence-electron chi connectivity index (χ4n) is 1.34. The molecule has 2 N–H and O–H groups in total. The van der Waals surface area contributed by atoms with Gasteiger partial charge < -0.3 is 10.4 Å². The summed E-state index contributed by atoms with van der Waals surface area (Å²) in [4.78, 5) is 15.6. The average molecular weight is 268 g/mol. The number of nitrogens with zero attached hydrogens (tertiary/aromatic N) is 1. The van der Waals surface area contributed by atoms with E-state index in [1.54, 1.807) is 17.8 Å². The standard InChI is InChI=1S/C11H12N2O2S2/c1-11(15,8-2-3-16-4-8)6-12-10(14)9-5-17-7-13-9/h2-5,7,15H,6H2,1H3,(H,12,14). The molecule has 0 aliphatic rings. The molecule has 1 unspecified atom stereocenters. The first-order chi connectivity index (χ1) is 8.09. The maximum absolute atomic E-state index is 11.6. The average Bonchev–Trinajstić information content (AvgIpc) is 2.97. The summed E-state index contributed by atoms with van der Waals surface area (Å²) in [6.45, 7) is 1.84. The van der Waals surface area contributed by atoms with Crippen LogP contribution in [0.15, 0.2) is 27.7 Å². The van der Waals surface area contributed by atoms with Gasteiger partial charge in [-0.05, 0) is 29.3 Å². The minimum Gasteiger partial charge on any atom is -0.384 e. The number of hydrogen-bond donors (Lipinski definition) is 2. The topological polar surface area (TPSA) is 62.2 Å². The number of rotatable bonds is 4. The van der Waals surface area contributed by atoms with Gasteiger partial charge in [-0.3, -0.25) is 4.79 Å². The van der Waals surface area contributed by atoms with E-state index in [-0.39, 0.29) is 12.5 Å². The Bertz CT molecular complexity index is 478. The predicted octanol–water partition coefficient (Wildman–Crippen LogP) is 1.84. The lowest BCUT2D eigenvalue weighted by molar-refractivity contribution is 0.0529. The van der Waals surface area contributed by atoms with E-state index in [0.29, 0.717) is 5.69 Å². The molecule has 90 valence electrons. The second kappa shape index (κ2) is 4.95. The Morgan fingerprint density at radius 3 is 2.94 bits per heavy atom. The van der Waals surface area contributed by atoms with Crippen molar-refractivity contribution in [1.29, 1.82) is 0 Å². The molecule has 0 saturated carbocycles. The van der Waals surface area contributed by atoms with Gasteiger partial charge in [-0.2, -0.15) is 11.3 Å². The Morgan fingerprint density at radius 2 is 2.35 bits per heavy atom. The van der Waals surface area contributed by atoms with Crippen LogP contribution in [0.5, 0.6) is 0 Å². The Kier molecular flexibility index (Phi) is 3.56. The van der Waals surface area contributed by atoms with E-state index in [0.717, 1.165) is 5.56 Å². The predicted molar refractivity (Wildman–Crippen MR) is 68.3 cm³/mol. The third-order valence-electron chi connectivity index (χ3n) is 2.40. The number of hydrogen-bond acceptors (Lipinski definition) is 5. The minimum absolute atomic E-state index is 0.167. The third-order valence-corrected chi connectivity index (χ3v) is 3.67. The number of aliphatic hydroxyl groups is 1. The van der Waals surface area contributed by atoms with Gasteiger partial charge in [0.25, 0.3) is 5.91 Å². The Labute approximate surface area is 107 Å². The molecule has 6 heteroatoms. The molecular formula is C11H12N2O2S2. The van der Waals surface area contributed by atoms with E-state index in [1.807, 2.05) is 16.8 Å². The fourth-order valence-corrected chi connectivity index (χ4v) is 2.66. The molecule has 0 bridgehead atoms. The molecular weight excluding hydrogens is 256 g/mol. The molecule has 0 spiro atoms. The summed E-state index contributed by atoms with van der Waals surface area (Å²) in [6, 6.07) is 1.85. The van der Waals surface area contributed by atoms with Crippen molar-refractivity contribution in [2.75, 3.05) is 6.54 Å². The van der Waals surface area contributed by atoms with E-state index in [4.69, 9.17) is 0 Å². The van der Waals surface area contributed by atoms with Crippen molar-refractivity contribution in [3.8, 4) is 0 Å². The number of thiazole rings is 1. The van der Waals surface area contributed by atoms with Crippen LogP contribution in [0.2, 0.25) is 0 Å². The largest absolute Gasteiger partial charge is 0.384 e. The summed E-state index contributed by atoms with van der Waals surface area (Å²) >= 11 is 2.88. The minimum atomic E-state index is -1.05. The maximum Gasteiger partial charge on any atom is 0.270 e. The van der Waals surface area contributed by atoms with Crippen LogP contribution in [0.1, 0.15) is 23.0 Å². The van der Waals surface area contributed by atoms with Gasteiger partial charge in [-0.25, -0.2) is 4.98 Å². The zero-order chi connectivity index (χ0) is 12.3. The van der Waals surface area contributed by atoms with Crippen LogP contribution < -0.4 is 5.32 Å². The van der Waals surface area contributed by atoms with Crippen molar-refractivity contribution in [1.82, 2.24) is 10.3 Å². The van der Waals surface area contributed by atoms with Crippen molar-refractivity contribution in [2.45, 2.75) is 12.5 Å². The highest BCUT2D eigenvalue weighted by atomic mass is 32.1. The first-order valence-corrected chi connectivity index (χ1v) is 6.89. The first kappa shape index (κ1) is 12.2. The Balaban J connectivity index is 1.96. The number of aromatic nitrogens is 1. The molecule has 17 heavy (non-hydrogen) atoms. The molecule has 1 atom stereocenters. The summed E-state index contributed by atoms with van der Waals surface area (Å²) in [5, 5.41) is 18.3. The highest BCUT2D eigenvalue weighted by Gasteiger charge is 2.24. The fraction of sp³-hybridized carbons (Fsp3) is 0.273. The molecule has 0 saturated heterocycles. The summed E-state index contributed by atoms with van der Waals surface area (Å²) in [5.41, 5.74) is 1.75. The number of carbonyl (C=O) groups excluding carboxylic acids is 1. The third kappa shape index (κ3) is 2.91. The van der Waals surface area contributed by atoms with E-state index < -0.39 is 5.60 Å². The van der Waals surface area contributed by atoms with Gasteiger partial charge in [0.15, 0.2) is 0 Å². The molecule has 1 amide bonds. The molecule has 0 aliphatic carbocycles. The van der Waals surface area contributed by atoms with Crippen LogP contribution in [0.3, 0.4) is 0 Å². The summed E-state index contributed by atoms with van der Waals surface area (Å²) in [5.74, 6) is -0.262. The number of nitrogens with one attached hydrogen (secondary N) is 1. The van der Waals surface area contributed by atoms with Gasteiger partial charge in [0.1, 0.15) is 11.3 Å². The zero-order valence-electron chi connectivity index (χ0n) is 9.21. The zero-order valence-corrected chi connectivity index (χ0v) is 10.8. The lowest BCUT2D eigenvalue weighted by Gasteiger charge is -2.22. The van der Waals surface area contributed by atoms with Crippen molar-refractivity contribution >= 4 is 28.6 Å². The quantitative estimate of drug-likeness (QED) is 0.889.